The topological polar surface area (TPSA) is 96.0 Å². The van der Waals surface area contributed by atoms with Crippen molar-refractivity contribution in [3.63, 3.8) is 0 Å². The zero-order valence-corrected chi connectivity index (χ0v) is 11.4. The van der Waals surface area contributed by atoms with Gasteiger partial charge in [0, 0.05) is 22.3 Å². The van der Waals surface area contributed by atoms with Crippen LogP contribution in [0.5, 0.6) is 0 Å². The van der Waals surface area contributed by atoms with E-state index in [1.165, 1.54) is 23.9 Å². The monoisotopic (exact) mass is 279 g/mol. The molecule has 0 saturated heterocycles. The van der Waals surface area contributed by atoms with E-state index in [1.54, 1.807) is 12.1 Å². The van der Waals surface area contributed by atoms with Gasteiger partial charge in [0.05, 0.1) is 16.6 Å². The Morgan fingerprint density at radius 3 is 2.79 bits per heavy atom. The number of nitro groups is 1. The molecule has 0 aliphatic rings. The number of thioether (sulfide) groups is 1. The number of amides is 1. The zero-order chi connectivity index (χ0) is 14.4. The van der Waals surface area contributed by atoms with E-state index in [-0.39, 0.29) is 23.0 Å². The summed E-state index contributed by atoms with van der Waals surface area (Å²) >= 11 is 1.44. The normalized spacial score (nSPS) is 10.0. The van der Waals surface area contributed by atoms with Gasteiger partial charge in [0.25, 0.3) is 11.6 Å². The van der Waals surface area contributed by atoms with Gasteiger partial charge in [-0.15, -0.1) is 11.8 Å². The Hall–Kier alpha value is -2.07. The van der Waals surface area contributed by atoms with Crippen molar-refractivity contribution in [1.29, 1.82) is 5.26 Å². The van der Waals surface area contributed by atoms with Gasteiger partial charge >= 0.3 is 0 Å². The minimum Gasteiger partial charge on any atom is -0.339 e. The molecule has 0 fully saturated rings. The molecule has 7 heteroatoms. The predicted molar refractivity (Wildman–Crippen MR) is 72.0 cm³/mol. The van der Waals surface area contributed by atoms with Crippen LogP contribution in [0.4, 0.5) is 5.69 Å². The molecule has 1 aromatic rings. The first-order chi connectivity index (χ1) is 8.95. The molecular weight excluding hydrogens is 266 g/mol. The fourth-order valence-electron chi connectivity index (χ4n) is 1.38. The molecule has 100 valence electrons. The Morgan fingerprint density at radius 2 is 2.26 bits per heavy atom. The Bertz CT molecular complexity index is 538. The SMILES string of the molecule is CC(C)Sc1ccc([N+](=O)[O-])cc1C(=O)NCC#N. The average molecular weight is 279 g/mol. The average Bonchev–Trinajstić information content (AvgIpc) is 2.35. The molecule has 0 aliphatic carbocycles. The van der Waals surface area contributed by atoms with E-state index in [1.807, 2.05) is 13.8 Å². The summed E-state index contributed by atoms with van der Waals surface area (Å²) in [4.78, 5) is 22.7. The number of carbonyl (C=O) groups is 1. The molecule has 0 atom stereocenters. The van der Waals surface area contributed by atoms with Gasteiger partial charge in [0.15, 0.2) is 0 Å². The van der Waals surface area contributed by atoms with Gasteiger partial charge in [-0.25, -0.2) is 0 Å². The second-order valence-corrected chi connectivity index (χ2v) is 5.56. The highest BCUT2D eigenvalue weighted by atomic mass is 32.2. The summed E-state index contributed by atoms with van der Waals surface area (Å²) < 4.78 is 0. The van der Waals surface area contributed by atoms with Crippen LogP contribution in [0.1, 0.15) is 24.2 Å². The van der Waals surface area contributed by atoms with E-state index >= 15 is 0 Å². The van der Waals surface area contributed by atoms with Crippen molar-refractivity contribution in [2.24, 2.45) is 0 Å². The van der Waals surface area contributed by atoms with E-state index in [2.05, 4.69) is 5.32 Å². The maximum Gasteiger partial charge on any atom is 0.270 e. The van der Waals surface area contributed by atoms with Crippen LogP contribution in [0.25, 0.3) is 0 Å². The number of carbonyl (C=O) groups excluding carboxylic acids is 1. The van der Waals surface area contributed by atoms with Crippen molar-refractivity contribution in [3.8, 4) is 6.07 Å². The first-order valence-corrected chi connectivity index (χ1v) is 6.44. The molecule has 0 aromatic heterocycles. The molecule has 0 aliphatic heterocycles. The van der Waals surface area contributed by atoms with Crippen LogP contribution < -0.4 is 5.32 Å². The number of benzene rings is 1. The largest absolute Gasteiger partial charge is 0.339 e. The van der Waals surface area contributed by atoms with Crippen molar-refractivity contribution in [2.45, 2.75) is 24.0 Å². The van der Waals surface area contributed by atoms with E-state index < -0.39 is 10.8 Å². The number of nitrogens with zero attached hydrogens (tertiary/aromatic N) is 2. The Balaban J connectivity index is 3.14. The number of nitriles is 1. The third-order valence-electron chi connectivity index (χ3n) is 2.11. The molecule has 0 unspecified atom stereocenters. The van der Waals surface area contributed by atoms with E-state index in [0.29, 0.717) is 4.90 Å². The van der Waals surface area contributed by atoms with Gasteiger partial charge in [-0.2, -0.15) is 5.26 Å². The van der Waals surface area contributed by atoms with Crippen LogP contribution in [0.3, 0.4) is 0 Å². The predicted octanol–water partition coefficient (Wildman–Crippen LogP) is 2.35. The fraction of sp³-hybridized carbons (Fsp3) is 0.333. The highest BCUT2D eigenvalue weighted by Crippen LogP contribution is 2.29. The number of rotatable bonds is 5. The van der Waals surface area contributed by atoms with Crippen LogP contribution in [0.15, 0.2) is 23.1 Å². The van der Waals surface area contributed by atoms with Crippen LogP contribution in [0, 0.1) is 21.4 Å². The molecule has 0 spiro atoms. The molecule has 6 nitrogen and oxygen atoms in total. The smallest absolute Gasteiger partial charge is 0.270 e. The molecule has 1 amide bonds. The van der Waals surface area contributed by atoms with Crippen LogP contribution in [-0.2, 0) is 0 Å². The van der Waals surface area contributed by atoms with Gasteiger partial charge in [-0.1, -0.05) is 13.8 Å². The van der Waals surface area contributed by atoms with Crippen molar-refractivity contribution < 1.29 is 9.72 Å². The number of hydrogen-bond donors (Lipinski definition) is 1. The van der Waals surface area contributed by atoms with Crippen LogP contribution in [-0.4, -0.2) is 22.6 Å². The molecule has 0 saturated carbocycles. The molecular formula is C12H13N3O3S. The highest BCUT2D eigenvalue weighted by molar-refractivity contribution is 8.00. The number of nitrogens with one attached hydrogen (secondary N) is 1. The lowest BCUT2D eigenvalue weighted by molar-refractivity contribution is -0.384. The first kappa shape index (κ1) is 15.0. The molecule has 0 bridgehead atoms. The van der Waals surface area contributed by atoms with Gasteiger partial charge in [-0.05, 0) is 6.07 Å². The van der Waals surface area contributed by atoms with Crippen molar-refractivity contribution in [3.05, 3.63) is 33.9 Å². The Morgan fingerprint density at radius 1 is 1.58 bits per heavy atom. The quantitative estimate of drug-likeness (QED) is 0.386. The lowest BCUT2D eigenvalue weighted by Crippen LogP contribution is -2.24. The summed E-state index contributed by atoms with van der Waals surface area (Å²) in [5.41, 5.74) is 0.0818. The van der Waals surface area contributed by atoms with Crippen LogP contribution >= 0.6 is 11.8 Å². The van der Waals surface area contributed by atoms with Crippen molar-refractivity contribution >= 4 is 23.4 Å². The third kappa shape index (κ3) is 4.26. The number of non-ortho nitro benzene ring substituents is 1. The lowest BCUT2D eigenvalue weighted by atomic mass is 10.2. The highest BCUT2D eigenvalue weighted by Gasteiger charge is 2.17. The molecule has 0 heterocycles. The first-order valence-electron chi connectivity index (χ1n) is 5.56. The standard InChI is InChI=1S/C12H13N3O3S/c1-8(2)19-11-4-3-9(15(17)18)7-10(11)12(16)14-6-5-13/h3-4,7-8H,6H2,1-2H3,(H,14,16). The maximum absolute atomic E-state index is 11.9. The molecule has 1 rings (SSSR count). The Labute approximate surface area is 115 Å². The second kappa shape index (κ2) is 6.75. The second-order valence-electron chi connectivity index (χ2n) is 3.94. The van der Waals surface area contributed by atoms with Gasteiger partial charge in [0.2, 0.25) is 0 Å². The van der Waals surface area contributed by atoms with Crippen molar-refractivity contribution in [2.75, 3.05) is 6.54 Å². The van der Waals surface area contributed by atoms with Gasteiger partial charge in [0.1, 0.15) is 6.54 Å². The summed E-state index contributed by atoms with van der Waals surface area (Å²) in [6, 6.07) is 5.95. The van der Waals surface area contributed by atoms with Gasteiger partial charge in [-0.3, -0.25) is 14.9 Å². The lowest BCUT2D eigenvalue weighted by Gasteiger charge is -2.10. The molecule has 0 radical (unpaired) electrons. The summed E-state index contributed by atoms with van der Waals surface area (Å²) in [6.45, 7) is 3.79. The zero-order valence-electron chi connectivity index (χ0n) is 10.5. The molecule has 19 heavy (non-hydrogen) atoms. The van der Waals surface area contributed by atoms with Crippen molar-refractivity contribution in [1.82, 2.24) is 5.32 Å². The molecule has 1 N–H and O–H groups in total. The van der Waals surface area contributed by atoms with Crippen LogP contribution in [0.2, 0.25) is 0 Å². The minimum absolute atomic E-state index is 0.132. The van der Waals surface area contributed by atoms with Gasteiger partial charge < -0.3 is 5.32 Å². The van der Waals surface area contributed by atoms with E-state index in [4.69, 9.17) is 5.26 Å². The number of nitro benzene ring substituents is 1. The summed E-state index contributed by atoms with van der Waals surface area (Å²) in [5, 5.41) is 21.8. The summed E-state index contributed by atoms with van der Waals surface area (Å²) in [5.74, 6) is -0.478. The molecule has 1 aromatic carbocycles. The minimum atomic E-state index is -0.551. The maximum atomic E-state index is 11.9. The Kier molecular flexibility index (Phi) is 5.33. The summed E-state index contributed by atoms with van der Waals surface area (Å²) in [6.07, 6.45) is 0. The number of hydrogen-bond acceptors (Lipinski definition) is 5. The van der Waals surface area contributed by atoms with E-state index in [0.717, 1.165) is 0 Å². The fourth-order valence-corrected chi connectivity index (χ4v) is 2.31. The van der Waals surface area contributed by atoms with E-state index in [9.17, 15) is 14.9 Å². The third-order valence-corrected chi connectivity index (χ3v) is 3.19. The summed E-state index contributed by atoms with van der Waals surface area (Å²) in [7, 11) is 0.